The highest BCUT2D eigenvalue weighted by Crippen LogP contribution is 2.33. The van der Waals surface area contributed by atoms with Gasteiger partial charge in [0.2, 0.25) is 0 Å². The molecule has 148 valence electrons. The largest absolute Gasteiger partial charge is 0.494 e. The molecule has 7 heteroatoms. The van der Waals surface area contributed by atoms with E-state index in [9.17, 15) is 14.9 Å². The fourth-order valence-corrected chi connectivity index (χ4v) is 3.66. The summed E-state index contributed by atoms with van der Waals surface area (Å²) in [6.45, 7) is 2.71. The molecule has 0 aliphatic carbocycles. The number of likely N-dealkylation sites (tertiary alicyclic amines) is 1. The number of hydrogen-bond acceptors (Lipinski definition) is 4. The third kappa shape index (κ3) is 4.42. The molecule has 7 nitrogen and oxygen atoms in total. The normalized spacial score (nSPS) is 16.9. The number of nitro groups is 1. The Hall–Kier alpha value is -3.09. The topological polar surface area (TPSA) is 84.7 Å². The number of carbonyl (C=O) groups is 1. The highest BCUT2D eigenvalue weighted by molar-refractivity contribution is 5.91. The number of nitrogens with one attached hydrogen (secondary N) is 1. The van der Waals surface area contributed by atoms with Crippen LogP contribution in [0, 0.1) is 17.0 Å². The summed E-state index contributed by atoms with van der Waals surface area (Å²) in [6, 6.07) is 12.2. The number of nitrogens with zero attached hydrogens (tertiary/aromatic N) is 2. The Morgan fingerprint density at radius 1 is 1.21 bits per heavy atom. The molecule has 0 aromatic heterocycles. The van der Waals surface area contributed by atoms with Crippen molar-refractivity contribution in [3.05, 3.63) is 63.7 Å². The first-order valence-corrected chi connectivity index (χ1v) is 9.46. The molecule has 2 aromatic carbocycles. The zero-order valence-electron chi connectivity index (χ0n) is 16.2. The second-order valence-corrected chi connectivity index (χ2v) is 7.04. The molecule has 1 heterocycles. The standard InChI is InChI=1S/C21H25N3O4/c1-15-7-6-8-16(13-15)19-9-4-3-5-12-23(19)21(25)22-18-11-10-17(24(26)27)14-20(18)28-2/h6-8,10-11,13-14,19H,3-5,9,12H2,1-2H3,(H,22,25)/t19-/m0/s1. The van der Waals surface area contributed by atoms with E-state index >= 15 is 0 Å². The number of methoxy groups -OCH3 is 1. The minimum atomic E-state index is -0.489. The summed E-state index contributed by atoms with van der Waals surface area (Å²) in [7, 11) is 1.43. The Morgan fingerprint density at radius 2 is 2.04 bits per heavy atom. The lowest BCUT2D eigenvalue weighted by Gasteiger charge is -2.31. The molecule has 28 heavy (non-hydrogen) atoms. The monoisotopic (exact) mass is 383 g/mol. The number of non-ortho nitro benzene ring substituents is 1. The molecule has 2 aromatic rings. The van der Waals surface area contributed by atoms with Crippen LogP contribution in [0.5, 0.6) is 5.75 Å². The van der Waals surface area contributed by atoms with Gasteiger partial charge in [-0.25, -0.2) is 4.79 Å². The number of ether oxygens (including phenoxy) is 1. The number of aryl methyl sites for hydroxylation is 1. The quantitative estimate of drug-likeness (QED) is 0.591. The van der Waals surface area contributed by atoms with Gasteiger partial charge >= 0.3 is 6.03 Å². The van der Waals surface area contributed by atoms with Crippen molar-refractivity contribution in [2.45, 2.75) is 38.6 Å². The predicted molar refractivity (Wildman–Crippen MR) is 108 cm³/mol. The Labute approximate surface area is 164 Å². The summed E-state index contributed by atoms with van der Waals surface area (Å²) in [6.07, 6.45) is 4.03. The Bertz CT molecular complexity index is 868. The molecule has 1 fully saturated rings. The van der Waals surface area contributed by atoms with E-state index in [0.717, 1.165) is 31.2 Å². The van der Waals surface area contributed by atoms with Gasteiger partial charge in [-0.2, -0.15) is 0 Å². The van der Waals surface area contributed by atoms with Gasteiger partial charge in [0.1, 0.15) is 5.75 Å². The van der Waals surface area contributed by atoms with E-state index in [1.165, 1.54) is 30.9 Å². The third-order valence-electron chi connectivity index (χ3n) is 5.08. The van der Waals surface area contributed by atoms with Crippen LogP contribution in [0.15, 0.2) is 42.5 Å². The van der Waals surface area contributed by atoms with Gasteiger partial charge in [0.05, 0.1) is 29.8 Å². The average Bonchev–Trinajstić information content (AvgIpc) is 2.94. The molecule has 1 N–H and O–H groups in total. The second kappa shape index (κ2) is 8.73. The van der Waals surface area contributed by atoms with Gasteiger partial charge in [-0.05, 0) is 31.4 Å². The molecule has 0 spiro atoms. The van der Waals surface area contributed by atoms with Gasteiger partial charge in [0, 0.05) is 12.6 Å². The first kappa shape index (κ1) is 19.7. The number of hydrogen-bond donors (Lipinski definition) is 1. The van der Waals surface area contributed by atoms with Crippen LogP contribution in [0.1, 0.15) is 42.9 Å². The smallest absolute Gasteiger partial charge is 0.322 e. The van der Waals surface area contributed by atoms with Crippen molar-refractivity contribution >= 4 is 17.4 Å². The number of benzene rings is 2. The molecule has 1 aliphatic rings. The summed E-state index contributed by atoms with van der Waals surface area (Å²) in [5, 5.41) is 13.8. The lowest BCUT2D eigenvalue weighted by Crippen LogP contribution is -2.38. The van der Waals surface area contributed by atoms with Crippen LogP contribution in [0.4, 0.5) is 16.2 Å². The fraction of sp³-hybridized carbons (Fsp3) is 0.381. The van der Waals surface area contributed by atoms with E-state index in [0.29, 0.717) is 12.2 Å². The lowest BCUT2D eigenvalue weighted by atomic mass is 9.99. The molecule has 2 amide bonds. The van der Waals surface area contributed by atoms with E-state index in [1.54, 1.807) is 0 Å². The molecule has 0 radical (unpaired) electrons. The minimum absolute atomic E-state index is 0.00597. The third-order valence-corrected chi connectivity index (χ3v) is 5.08. The molecule has 0 bridgehead atoms. The van der Waals surface area contributed by atoms with Gasteiger partial charge in [-0.3, -0.25) is 10.1 Å². The van der Waals surface area contributed by atoms with Crippen molar-refractivity contribution in [1.29, 1.82) is 0 Å². The maximum Gasteiger partial charge on any atom is 0.322 e. The highest BCUT2D eigenvalue weighted by atomic mass is 16.6. The molecular weight excluding hydrogens is 358 g/mol. The van der Waals surface area contributed by atoms with Crippen LogP contribution >= 0.6 is 0 Å². The highest BCUT2D eigenvalue weighted by Gasteiger charge is 2.27. The van der Waals surface area contributed by atoms with Crippen LogP contribution in [0.25, 0.3) is 0 Å². The molecule has 1 atom stereocenters. The van der Waals surface area contributed by atoms with Crippen LogP contribution in [0.2, 0.25) is 0 Å². The van der Waals surface area contributed by atoms with Gasteiger partial charge in [-0.1, -0.05) is 42.7 Å². The van der Waals surface area contributed by atoms with Gasteiger partial charge in [0.15, 0.2) is 0 Å². The lowest BCUT2D eigenvalue weighted by molar-refractivity contribution is -0.384. The van der Waals surface area contributed by atoms with Crippen LogP contribution in [0.3, 0.4) is 0 Å². The van der Waals surface area contributed by atoms with E-state index in [1.807, 2.05) is 24.0 Å². The molecule has 1 aliphatic heterocycles. The zero-order chi connectivity index (χ0) is 20.1. The van der Waals surface area contributed by atoms with Gasteiger partial charge in [-0.15, -0.1) is 0 Å². The van der Waals surface area contributed by atoms with E-state index in [2.05, 4.69) is 17.4 Å². The Balaban J connectivity index is 1.85. The molecule has 0 unspecified atom stereocenters. The van der Waals surface area contributed by atoms with E-state index < -0.39 is 4.92 Å². The van der Waals surface area contributed by atoms with Gasteiger partial charge < -0.3 is 15.0 Å². The van der Waals surface area contributed by atoms with E-state index in [-0.39, 0.29) is 23.5 Å². The number of anilines is 1. The number of carbonyl (C=O) groups excluding carboxylic acids is 1. The minimum Gasteiger partial charge on any atom is -0.494 e. The predicted octanol–water partition coefficient (Wildman–Crippen LogP) is 5.06. The van der Waals surface area contributed by atoms with Crippen LogP contribution in [-0.2, 0) is 0 Å². The summed E-state index contributed by atoms with van der Waals surface area (Å²) in [5.74, 6) is 0.268. The fourth-order valence-electron chi connectivity index (χ4n) is 3.66. The van der Waals surface area contributed by atoms with Crippen molar-refractivity contribution in [1.82, 2.24) is 4.90 Å². The van der Waals surface area contributed by atoms with Crippen molar-refractivity contribution in [3.63, 3.8) is 0 Å². The van der Waals surface area contributed by atoms with Gasteiger partial charge in [0.25, 0.3) is 5.69 Å². The number of nitro benzene ring substituents is 1. The summed E-state index contributed by atoms with van der Waals surface area (Å²) in [4.78, 5) is 25.4. The SMILES string of the molecule is COc1cc([N+](=O)[O-])ccc1NC(=O)N1CCCCC[C@H]1c1cccc(C)c1. The average molecular weight is 383 g/mol. The zero-order valence-corrected chi connectivity index (χ0v) is 16.2. The van der Waals surface area contributed by atoms with Crippen molar-refractivity contribution in [2.75, 3.05) is 19.0 Å². The number of rotatable bonds is 4. The molecule has 0 saturated carbocycles. The maximum atomic E-state index is 13.1. The summed E-state index contributed by atoms with van der Waals surface area (Å²) < 4.78 is 5.24. The van der Waals surface area contributed by atoms with Crippen LogP contribution < -0.4 is 10.1 Å². The molecular formula is C21H25N3O4. The van der Waals surface area contributed by atoms with Crippen molar-refractivity contribution in [2.24, 2.45) is 0 Å². The van der Waals surface area contributed by atoms with Crippen molar-refractivity contribution in [3.8, 4) is 5.75 Å². The maximum absolute atomic E-state index is 13.1. The van der Waals surface area contributed by atoms with Crippen LogP contribution in [-0.4, -0.2) is 29.5 Å². The molecule has 1 saturated heterocycles. The number of amides is 2. The first-order valence-electron chi connectivity index (χ1n) is 9.46. The molecule has 3 rings (SSSR count). The number of urea groups is 1. The Morgan fingerprint density at radius 3 is 2.75 bits per heavy atom. The van der Waals surface area contributed by atoms with Crippen molar-refractivity contribution < 1.29 is 14.5 Å². The second-order valence-electron chi connectivity index (χ2n) is 7.04. The summed E-state index contributed by atoms with van der Waals surface area (Å²) >= 11 is 0. The van der Waals surface area contributed by atoms with E-state index in [4.69, 9.17) is 4.74 Å². The Kier molecular flexibility index (Phi) is 6.13. The summed E-state index contributed by atoms with van der Waals surface area (Å²) in [5.41, 5.74) is 2.64. The first-order chi connectivity index (χ1) is 13.5.